The molecular weight excluding hydrogens is 242 g/mol. The molecule has 1 N–H and O–H groups in total. The molecule has 0 bridgehead atoms. The fourth-order valence-electron chi connectivity index (χ4n) is 2.91. The molecule has 1 unspecified atom stereocenters. The van der Waals surface area contributed by atoms with E-state index in [1.165, 1.54) is 25.9 Å². The van der Waals surface area contributed by atoms with Crippen molar-refractivity contribution in [2.24, 2.45) is 0 Å². The molecule has 0 aliphatic carbocycles. The normalized spacial score (nSPS) is 25.7. The second kappa shape index (κ2) is 7.22. The van der Waals surface area contributed by atoms with Crippen LogP contribution in [0.15, 0.2) is 0 Å². The summed E-state index contributed by atoms with van der Waals surface area (Å²) >= 11 is 0. The van der Waals surface area contributed by atoms with Crippen LogP contribution in [0.3, 0.4) is 0 Å². The number of piperidine rings is 1. The standard InChI is InChI=1S/C14H27N3O2/c1-15(9-10-16-6-2-3-7-16)14(19)12-17-8-4-5-13(18)11-17/h13,18H,2-12H2,1H3. The molecule has 19 heavy (non-hydrogen) atoms. The van der Waals surface area contributed by atoms with Crippen molar-refractivity contribution < 1.29 is 9.90 Å². The highest BCUT2D eigenvalue weighted by Crippen LogP contribution is 2.10. The molecule has 0 saturated carbocycles. The molecule has 0 spiro atoms. The zero-order chi connectivity index (χ0) is 13.7. The van der Waals surface area contributed by atoms with Crippen molar-refractivity contribution >= 4 is 5.91 Å². The first-order valence-corrected chi connectivity index (χ1v) is 7.52. The van der Waals surface area contributed by atoms with Gasteiger partial charge in [0.05, 0.1) is 12.6 Å². The zero-order valence-electron chi connectivity index (χ0n) is 12.1. The number of likely N-dealkylation sites (N-methyl/N-ethyl adjacent to an activating group) is 1. The third kappa shape index (κ3) is 4.75. The number of rotatable bonds is 5. The Bertz CT molecular complexity index is 292. The number of likely N-dealkylation sites (tertiary alicyclic amines) is 2. The van der Waals surface area contributed by atoms with Crippen LogP contribution < -0.4 is 0 Å². The molecule has 2 aliphatic rings. The van der Waals surface area contributed by atoms with Crippen molar-refractivity contribution in [3.05, 3.63) is 0 Å². The van der Waals surface area contributed by atoms with Crippen LogP contribution in [0.4, 0.5) is 0 Å². The highest BCUT2D eigenvalue weighted by Gasteiger charge is 2.21. The topological polar surface area (TPSA) is 47.0 Å². The molecule has 2 fully saturated rings. The Balaban J connectivity index is 1.66. The lowest BCUT2D eigenvalue weighted by Gasteiger charge is -2.31. The number of β-amino-alcohol motifs (C(OH)–C–C–N with tert-alkyl or cyclic N) is 1. The van der Waals surface area contributed by atoms with E-state index < -0.39 is 0 Å². The zero-order valence-corrected chi connectivity index (χ0v) is 12.1. The predicted octanol–water partition coefficient (Wildman–Crippen LogP) is -0.00270. The number of carbonyl (C=O) groups is 1. The average molecular weight is 269 g/mol. The van der Waals surface area contributed by atoms with Gasteiger partial charge in [-0.25, -0.2) is 0 Å². The van der Waals surface area contributed by atoms with E-state index in [1.54, 1.807) is 0 Å². The molecular formula is C14H27N3O2. The molecule has 0 aromatic heterocycles. The van der Waals surface area contributed by atoms with Crippen LogP contribution in [-0.2, 0) is 4.79 Å². The van der Waals surface area contributed by atoms with Gasteiger partial charge >= 0.3 is 0 Å². The Morgan fingerprint density at radius 2 is 1.89 bits per heavy atom. The Morgan fingerprint density at radius 3 is 2.58 bits per heavy atom. The Kier molecular flexibility index (Phi) is 5.60. The SMILES string of the molecule is CN(CCN1CCCC1)C(=O)CN1CCCC(O)C1. The van der Waals surface area contributed by atoms with Crippen molar-refractivity contribution in [2.75, 3.05) is 52.9 Å². The van der Waals surface area contributed by atoms with E-state index in [1.807, 2.05) is 11.9 Å². The number of hydrogen-bond acceptors (Lipinski definition) is 4. The minimum absolute atomic E-state index is 0.174. The van der Waals surface area contributed by atoms with Gasteiger partial charge in [0.2, 0.25) is 5.91 Å². The summed E-state index contributed by atoms with van der Waals surface area (Å²) in [7, 11) is 1.89. The molecule has 0 aromatic carbocycles. The average Bonchev–Trinajstić information content (AvgIpc) is 2.89. The van der Waals surface area contributed by atoms with Gasteiger partial charge in [-0.05, 0) is 45.3 Å². The molecule has 2 heterocycles. The predicted molar refractivity (Wildman–Crippen MR) is 75.0 cm³/mol. The van der Waals surface area contributed by atoms with Gasteiger partial charge < -0.3 is 14.9 Å². The highest BCUT2D eigenvalue weighted by molar-refractivity contribution is 5.78. The second-order valence-corrected chi connectivity index (χ2v) is 5.90. The maximum atomic E-state index is 12.1. The van der Waals surface area contributed by atoms with Crippen LogP contribution in [0.5, 0.6) is 0 Å². The summed E-state index contributed by atoms with van der Waals surface area (Å²) in [6.45, 7) is 6.20. The maximum absolute atomic E-state index is 12.1. The largest absolute Gasteiger partial charge is 0.392 e. The molecule has 0 radical (unpaired) electrons. The first kappa shape index (κ1) is 14.8. The van der Waals surface area contributed by atoms with Crippen LogP contribution in [0.25, 0.3) is 0 Å². The minimum Gasteiger partial charge on any atom is -0.392 e. The van der Waals surface area contributed by atoms with Gasteiger partial charge in [0.15, 0.2) is 0 Å². The number of amides is 1. The summed E-state index contributed by atoms with van der Waals surface area (Å²) in [6.07, 6.45) is 4.20. The third-order valence-corrected chi connectivity index (χ3v) is 4.22. The van der Waals surface area contributed by atoms with Gasteiger partial charge in [0.25, 0.3) is 0 Å². The molecule has 110 valence electrons. The first-order valence-electron chi connectivity index (χ1n) is 7.52. The third-order valence-electron chi connectivity index (χ3n) is 4.22. The minimum atomic E-state index is -0.253. The molecule has 0 aromatic rings. The number of carbonyl (C=O) groups excluding carboxylic acids is 1. The van der Waals surface area contributed by atoms with Gasteiger partial charge in [-0.3, -0.25) is 9.69 Å². The number of aliphatic hydroxyl groups is 1. The van der Waals surface area contributed by atoms with E-state index in [2.05, 4.69) is 9.80 Å². The van der Waals surface area contributed by atoms with Crippen molar-refractivity contribution in [3.8, 4) is 0 Å². The summed E-state index contributed by atoms with van der Waals surface area (Å²) in [4.78, 5) is 18.4. The van der Waals surface area contributed by atoms with Gasteiger partial charge in [-0.1, -0.05) is 0 Å². The quantitative estimate of drug-likeness (QED) is 0.763. The summed E-state index contributed by atoms with van der Waals surface area (Å²) < 4.78 is 0. The van der Waals surface area contributed by atoms with Gasteiger partial charge in [-0.2, -0.15) is 0 Å². The van der Waals surface area contributed by atoms with Crippen LogP contribution in [0.2, 0.25) is 0 Å². The number of hydrogen-bond donors (Lipinski definition) is 1. The van der Waals surface area contributed by atoms with Crippen LogP contribution >= 0.6 is 0 Å². The Hall–Kier alpha value is -0.650. The molecule has 2 saturated heterocycles. The second-order valence-electron chi connectivity index (χ2n) is 5.90. The number of nitrogens with zero attached hydrogens (tertiary/aromatic N) is 3. The smallest absolute Gasteiger partial charge is 0.236 e. The van der Waals surface area contributed by atoms with Crippen LogP contribution in [0, 0.1) is 0 Å². The maximum Gasteiger partial charge on any atom is 0.236 e. The molecule has 5 nitrogen and oxygen atoms in total. The van der Waals surface area contributed by atoms with E-state index in [0.717, 1.165) is 32.5 Å². The molecule has 2 rings (SSSR count). The lowest BCUT2D eigenvalue weighted by atomic mass is 10.1. The summed E-state index contributed by atoms with van der Waals surface area (Å²) in [5, 5.41) is 9.60. The van der Waals surface area contributed by atoms with Crippen molar-refractivity contribution in [2.45, 2.75) is 31.8 Å². The lowest BCUT2D eigenvalue weighted by molar-refractivity contribution is -0.132. The molecule has 5 heteroatoms. The summed E-state index contributed by atoms with van der Waals surface area (Å²) in [5.74, 6) is 0.174. The van der Waals surface area contributed by atoms with E-state index in [-0.39, 0.29) is 12.0 Å². The van der Waals surface area contributed by atoms with Crippen molar-refractivity contribution in [1.82, 2.24) is 14.7 Å². The molecule has 2 aliphatic heterocycles. The van der Waals surface area contributed by atoms with Crippen LogP contribution in [-0.4, -0.2) is 84.7 Å². The van der Waals surface area contributed by atoms with Crippen molar-refractivity contribution in [1.29, 1.82) is 0 Å². The lowest BCUT2D eigenvalue weighted by Crippen LogP contribution is -2.45. The fourth-order valence-corrected chi connectivity index (χ4v) is 2.91. The van der Waals surface area contributed by atoms with Gasteiger partial charge in [0.1, 0.15) is 0 Å². The van der Waals surface area contributed by atoms with Crippen molar-refractivity contribution in [3.63, 3.8) is 0 Å². The van der Waals surface area contributed by atoms with Gasteiger partial charge in [0, 0.05) is 26.7 Å². The monoisotopic (exact) mass is 269 g/mol. The fraction of sp³-hybridized carbons (Fsp3) is 0.929. The summed E-state index contributed by atoms with van der Waals surface area (Å²) in [5.41, 5.74) is 0. The van der Waals surface area contributed by atoms with Gasteiger partial charge in [-0.15, -0.1) is 0 Å². The van der Waals surface area contributed by atoms with E-state index in [0.29, 0.717) is 13.1 Å². The van der Waals surface area contributed by atoms with E-state index in [4.69, 9.17) is 0 Å². The van der Waals surface area contributed by atoms with Crippen LogP contribution in [0.1, 0.15) is 25.7 Å². The highest BCUT2D eigenvalue weighted by atomic mass is 16.3. The van der Waals surface area contributed by atoms with E-state index >= 15 is 0 Å². The molecule has 1 atom stereocenters. The first-order chi connectivity index (χ1) is 9.15. The number of aliphatic hydroxyl groups excluding tert-OH is 1. The Labute approximate surface area is 116 Å². The van der Waals surface area contributed by atoms with E-state index in [9.17, 15) is 9.90 Å². The summed E-state index contributed by atoms with van der Waals surface area (Å²) in [6, 6.07) is 0. The Morgan fingerprint density at radius 1 is 1.21 bits per heavy atom. The molecule has 1 amide bonds.